The van der Waals surface area contributed by atoms with E-state index in [1.807, 2.05) is 24.4 Å². The Labute approximate surface area is 118 Å². The van der Waals surface area contributed by atoms with Gasteiger partial charge >= 0.3 is 0 Å². The third kappa shape index (κ3) is 2.56. The van der Waals surface area contributed by atoms with Gasteiger partial charge < -0.3 is 15.2 Å². The minimum absolute atomic E-state index is 0.181. The molecule has 1 aliphatic rings. The van der Waals surface area contributed by atoms with Crippen molar-refractivity contribution < 1.29 is 9.47 Å². The molecule has 0 radical (unpaired) electrons. The van der Waals surface area contributed by atoms with E-state index in [9.17, 15) is 0 Å². The fourth-order valence-electron chi connectivity index (χ4n) is 2.91. The Morgan fingerprint density at radius 2 is 1.90 bits per heavy atom. The molecule has 106 valence electrons. The van der Waals surface area contributed by atoms with Gasteiger partial charge in [0, 0.05) is 41.7 Å². The summed E-state index contributed by atoms with van der Waals surface area (Å²) in [7, 11) is 0. The molecule has 1 aromatic carbocycles. The molecule has 2 atom stereocenters. The van der Waals surface area contributed by atoms with E-state index < -0.39 is 0 Å². The second-order valence-electron chi connectivity index (χ2n) is 5.54. The number of benzene rings is 1. The average Bonchev–Trinajstić information content (AvgIpc) is 2.41. The van der Waals surface area contributed by atoms with Crippen LogP contribution in [0.25, 0.3) is 10.8 Å². The maximum Gasteiger partial charge on any atom is 0.129 e. The fraction of sp³-hybridized carbons (Fsp3) is 0.438. The summed E-state index contributed by atoms with van der Waals surface area (Å²) < 4.78 is 11.9. The summed E-state index contributed by atoms with van der Waals surface area (Å²) in [5, 5.41) is 1.96. The SMILES string of the molecule is CC1CC(Oc2ccc(N)c3ccncc23)CC(C)O1. The molecule has 2 N–H and O–H groups in total. The van der Waals surface area contributed by atoms with Crippen molar-refractivity contribution in [1.82, 2.24) is 4.98 Å². The second-order valence-corrected chi connectivity index (χ2v) is 5.54. The lowest BCUT2D eigenvalue weighted by atomic mass is 10.0. The fourth-order valence-corrected chi connectivity index (χ4v) is 2.91. The molecule has 4 nitrogen and oxygen atoms in total. The van der Waals surface area contributed by atoms with Gasteiger partial charge in [0.05, 0.1) is 12.2 Å². The lowest BCUT2D eigenvalue weighted by Crippen LogP contribution is -2.35. The molecule has 0 saturated carbocycles. The second kappa shape index (κ2) is 5.29. The van der Waals surface area contributed by atoms with Gasteiger partial charge in [-0.25, -0.2) is 0 Å². The van der Waals surface area contributed by atoms with Crippen LogP contribution in [0.1, 0.15) is 26.7 Å². The number of fused-ring (bicyclic) bond motifs is 1. The van der Waals surface area contributed by atoms with E-state index in [-0.39, 0.29) is 18.3 Å². The zero-order valence-corrected chi connectivity index (χ0v) is 11.9. The van der Waals surface area contributed by atoms with E-state index in [0.29, 0.717) is 0 Å². The zero-order chi connectivity index (χ0) is 14.1. The first-order valence-electron chi connectivity index (χ1n) is 7.08. The lowest BCUT2D eigenvalue weighted by molar-refractivity contribution is -0.0718. The van der Waals surface area contributed by atoms with E-state index in [4.69, 9.17) is 15.2 Å². The van der Waals surface area contributed by atoms with E-state index in [2.05, 4.69) is 18.8 Å². The number of ether oxygens (including phenoxy) is 2. The van der Waals surface area contributed by atoms with Crippen molar-refractivity contribution >= 4 is 16.5 Å². The summed E-state index contributed by atoms with van der Waals surface area (Å²) in [6, 6.07) is 5.75. The van der Waals surface area contributed by atoms with Crippen LogP contribution in [-0.4, -0.2) is 23.3 Å². The maximum absolute atomic E-state index is 6.19. The topological polar surface area (TPSA) is 57.4 Å². The highest BCUT2D eigenvalue weighted by Gasteiger charge is 2.26. The van der Waals surface area contributed by atoms with Crippen LogP contribution in [0.15, 0.2) is 30.6 Å². The molecule has 3 rings (SSSR count). The van der Waals surface area contributed by atoms with Crippen LogP contribution in [-0.2, 0) is 4.74 Å². The molecule has 0 spiro atoms. The molecule has 1 aliphatic heterocycles. The van der Waals surface area contributed by atoms with Gasteiger partial charge in [-0.3, -0.25) is 4.98 Å². The van der Waals surface area contributed by atoms with Gasteiger partial charge in [0.1, 0.15) is 11.9 Å². The highest BCUT2D eigenvalue weighted by Crippen LogP contribution is 2.32. The molecule has 1 aromatic heterocycles. The van der Waals surface area contributed by atoms with Crippen molar-refractivity contribution in [2.75, 3.05) is 5.73 Å². The monoisotopic (exact) mass is 272 g/mol. The molecule has 2 unspecified atom stereocenters. The standard InChI is InChI=1S/C16H20N2O2/c1-10-7-12(8-11(2)19-10)20-16-4-3-15(17)13-5-6-18-9-14(13)16/h3-6,9-12H,7-8,17H2,1-2H3. The largest absolute Gasteiger partial charge is 0.490 e. The quantitative estimate of drug-likeness (QED) is 0.853. The minimum atomic E-state index is 0.181. The predicted octanol–water partition coefficient (Wildman–Crippen LogP) is 3.15. The van der Waals surface area contributed by atoms with Gasteiger partial charge in [0.25, 0.3) is 0 Å². The number of nitrogen functional groups attached to an aromatic ring is 1. The molecular formula is C16H20N2O2. The van der Waals surface area contributed by atoms with Gasteiger partial charge in [-0.2, -0.15) is 0 Å². The van der Waals surface area contributed by atoms with Gasteiger partial charge in [-0.1, -0.05) is 0 Å². The van der Waals surface area contributed by atoms with Crippen LogP contribution in [0.5, 0.6) is 5.75 Å². The van der Waals surface area contributed by atoms with Crippen LogP contribution in [0, 0.1) is 0 Å². The molecule has 1 fully saturated rings. The number of nitrogens with zero attached hydrogens (tertiary/aromatic N) is 1. The van der Waals surface area contributed by atoms with Gasteiger partial charge in [0.15, 0.2) is 0 Å². The van der Waals surface area contributed by atoms with E-state index in [0.717, 1.165) is 35.1 Å². The van der Waals surface area contributed by atoms with Crippen LogP contribution in [0.2, 0.25) is 0 Å². The highest BCUT2D eigenvalue weighted by atomic mass is 16.5. The average molecular weight is 272 g/mol. The molecule has 0 amide bonds. The normalized spacial score (nSPS) is 26.6. The molecule has 2 heterocycles. The van der Waals surface area contributed by atoms with Gasteiger partial charge in [-0.15, -0.1) is 0 Å². The Hall–Kier alpha value is -1.81. The molecule has 20 heavy (non-hydrogen) atoms. The van der Waals surface area contributed by atoms with Crippen molar-refractivity contribution in [2.45, 2.75) is 45.0 Å². The molecule has 1 saturated heterocycles. The molecular weight excluding hydrogens is 252 g/mol. The van der Waals surface area contributed by atoms with E-state index in [1.165, 1.54) is 0 Å². The molecule has 2 aromatic rings. The first-order chi connectivity index (χ1) is 9.63. The van der Waals surface area contributed by atoms with Crippen molar-refractivity contribution in [3.63, 3.8) is 0 Å². The number of aromatic nitrogens is 1. The predicted molar refractivity (Wildman–Crippen MR) is 79.8 cm³/mol. The third-order valence-electron chi connectivity index (χ3n) is 3.76. The van der Waals surface area contributed by atoms with Gasteiger partial charge in [0.2, 0.25) is 0 Å². The van der Waals surface area contributed by atoms with Crippen molar-refractivity contribution in [3.8, 4) is 5.75 Å². The van der Waals surface area contributed by atoms with Crippen LogP contribution in [0.3, 0.4) is 0 Å². The summed E-state index contributed by atoms with van der Waals surface area (Å²) in [6.45, 7) is 4.18. The zero-order valence-electron chi connectivity index (χ0n) is 11.9. The number of nitrogens with two attached hydrogens (primary N) is 1. The Morgan fingerprint density at radius 1 is 1.15 bits per heavy atom. The molecule has 0 aliphatic carbocycles. The van der Waals surface area contributed by atoms with E-state index >= 15 is 0 Å². The first-order valence-corrected chi connectivity index (χ1v) is 7.08. The lowest BCUT2D eigenvalue weighted by Gasteiger charge is -2.32. The number of pyridine rings is 1. The Kier molecular flexibility index (Phi) is 3.49. The Bertz CT molecular complexity index is 604. The van der Waals surface area contributed by atoms with E-state index in [1.54, 1.807) is 6.20 Å². The Balaban J connectivity index is 1.89. The summed E-state index contributed by atoms with van der Waals surface area (Å²) in [5.41, 5.74) is 6.75. The Morgan fingerprint density at radius 3 is 2.65 bits per heavy atom. The van der Waals surface area contributed by atoms with Crippen molar-refractivity contribution in [1.29, 1.82) is 0 Å². The first kappa shape index (κ1) is 13.2. The molecule has 4 heteroatoms. The molecule has 0 bridgehead atoms. The smallest absolute Gasteiger partial charge is 0.129 e. The van der Waals surface area contributed by atoms with Crippen LogP contribution >= 0.6 is 0 Å². The summed E-state index contributed by atoms with van der Waals surface area (Å²) >= 11 is 0. The van der Waals surface area contributed by atoms with Crippen LogP contribution < -0.4 is 10.5 Å². The minimum Gasteiger partial charge on any atom is -0.490 e. The van der Waals surface area contributed by atoms with Crippen LogP contribution in [0.4, 0.5) is 5.69 Å². The summed E-state index contributed by atoms with van der Waals surface area (Å²) in [5.74, 6) is 0.855. The van der Waals surface area contributed by atoms with Crippen molar-refractivity contribution in [3.05, 3.63) is 30.6 Å². The summed E-state index contributed by atoms with van der Waals surface area (Å²) in [4.78, 5) is 4.18. The maximum atomic E-state index is 6.19. The number of hydrogen-bond acceptors (Lipinski definition) is 4. The van der Waals surface area contributed by atoms with Gasteiger partial charge in [-0.05, 0) is 32.0 Å². The third-order valence-corrected chi connectivity index (χ3v) is 3.76. The van der Waals surface area contributed by atoms with Crippen molar-refractivity contribution in [2.24, 2.45) is 0 Å². The highest BCUT2D eigenvalue weighted by molar-refractivity contribution is 5.96. The summed E-state index contributed by atoms with van der Waals surface area (Å²) in [6.07, 6.45) is 6.05. The number of anilines is 1. The number of rotatable bonds is 2. The number of hydrogen-bond donors (Lipinski definition) is 1.